The zero-order chi connectivity index (χ0) is 17.5. The quantitative estimate of drug-likeness (QED) is 0.647. The van der Waals surface area contributed by atoms with Crippen LogP contribution in [0.15, 0.2) is 29.5 Å². The Morgan fingerprint density at radius 3 is 2.74 bits per heavy atom. The maximum atomic E-state index is 12.5. The molecular weight excluding hydrogens is 337 g/mol. The van der Waals surface area contributed by atoms with Crippen LogP contribution in [0.2, 0.25) is 5.02 Å². The van der Waals surface area contributed by atoms with Crippen molar-refractivity contribution in [1.29, 1.82) is 0 Å². The number of ether oxygens (including phenoxy) is 1. The van der Waals surface area contributed by atoms with E-state index in [1.807, 2.05) is 0 Å². The molecule has 0 aromatic carbocycles. The molecule has 10 heteroatoms. The third-order valence-corrected chi connectivity index (χ3v) is 2.60. The second-order valence-corrected chi connectivity index (χ2v) is 4.42. The summed E-state index contributed by atoms with van der Waals surface area (Å²) in [6, 6.07) is 0.276. The highest BCUT2D eigenvalue weighted by molar-refractivity contribution is 6.32. The second-order valence-electron chi connectivity index (χ2n) is 4.01. The number of pyridine rings is 1. The number of amides is 2. The third-order valence-electron chi connectivity index (χ3n) is 2.33. The van der Waals surface area contributed by atoms with Crippen molar-refractivity contribution in [3.8, 4) is 5.88 Å². The molecule has 23 heavy (non-hydrogen) atoms. The summed E-state index contributed by atoms with van der Waals surface area (Å²) in [6.07, 6.45) is -1.39. The predicted molar refractivity (Wildman–Crippen MR) is 79.6 cm³/mol. The summed E-state index contributed by atoms with van der Waals surface area (Å²) in [5, 5.41) is 4.56. The smallest absolute Gasteiger partial charge is 0.417 e. The van der Waals surface area contributed by atoms with Crippen molar-refractivity contribution in [2.75, 3.05) is 13.6 Å². The van der Waals surface area contributed by atoms with Crippen LogP contribution in [0.5, 0.6) is 5.88 Å². The molecule has 0 aliphatic rings. The number of halogens is 4. The number of rotatable bonds is 4. The summed E-state index contributed by atoms with van der Waals surface area (Å²) in [5.74, 6) is -0.237. The SMILES string of the molecule is CCNC(=O)N/C=C\C(=N/C)Oc1ncc(C(F)(F)F)cc1Cl. The average Bonchev–Trinajstić information content (AvgIpc) is 2.47. The number of hydrogen-bond donors (Lipinski definition) is 2. The Bertz CT molecular complexity index is 618. The highest BCUT2D eigenvalue weighted by Crippen LogP contribution is 2.33. The van der Waals surface area contributed by atoms with Gasteiger partial charge in [-0.05, 0) is 13.0 Å². The van der Waals surface area contributed by atoms with Gasteiger partial charge in [0, 0.05) is 32.1 Å². The Labute approximate surface area is 135 Å². The van der Waals surface area contributed by atoms with E-state index in [1.165, 1.54) is 19.3 Å². The first kappa shape index (κ1) is 18.8. The second kappa shape index (κ2) is 8.37. The fourth-order valence-electron chi connectivity index (χ4n) is 1.31. The normalized spacial score (nSPS) is 12.3. The number of alkyl halides is 3. The van der Waals surface area contributed by atoms with Gasteiger partial charge in [0.2, 0.25) is 11.8 Å². The number of aromatic nitrogens is 1. The topological polar surface area (TPSA) is 75.6 Å². The van der Waals surface area contributed by atoms with Crippen LogP contribution in [0.4, 0.5) is 18.0 Å². The van der Waals surface area contributed by atoms with E-state index in [0.717, 1.165) is 0 Å². The van der Waals surface area contributed by atoms with E-state index in [2.05, 4.69) is 20.6 Å². The summed E-state index contributed by atoms with van der Waals surface area (Å²) in [4.78, 5) is 18.4. The maximum Gasteiger partial charge on any atom is 0.417 e. The van der Waals surface area contributed by atoms with Gasteiger partial charge in [-0.3, -0.25) is 4.99 Å². The highest BCUT2D eigenvalue weighted by atomic mass is 35.5. The molecule has 126 valence electrons. The fraction of sp³-hybridized carbons (Fsp3) is 0.308. The zero-order valence-electron chi connectivity index (χ0n) is 12.2. The van der Waals surface area contributed by atoms with Gasteiger partial charge in [0.1, 0.15) is 5.02 Å². The van der Waals surface area contributed by atoms with Crippen LogP contribution in [0.1, 0.15) is 12.5 Å². The van der Waals surface area contributed by atoms with Gasteiger partial charge in [0.15, 0.2) is 0 Å². The van der Waals surface area contributed by atoms with E-state index in [4.69, 9.17) is 16.3 Å². The minimum atomic E-state index is -4.55. The number of nitrogens with one attached hydrogen (secondary N) is 2. The molecule has 0 fully saturated rings. The van der Waals surface area contributed by atoms with E-state index in [0.29, 0.717) is 18.8 Å². The fourth-order valence-corrected chi connectivity index (χ4v) is 1.51. The van der Waals surface area contributed by atoms with Gasteiger partial charge in [-0.25, -0.2) is 9.78 Å². The van der Waals surface area contributed by atoms with Crippen LogP contribution in [-0.4, -0.2) is 30.5 Å². The van der Waals surface area contributed by atoms with Crippen molar-refractivity contribution < 1.29 is 22.7 Å². The molecule has 2 amide bonds. The maximum absolute atomic E-state index is 12.5. The number of hydrogen-bond acceptors (Lipinski definition) is 4. The van der Waals surface area contributed by atoms with E-state index >= 15 is 0 Å². The molecule has 0 bridgehead atoms. The first-order valence-corrected chi connectivity index (χ1v) is 6.74. The Morgan fingerprint density at radius 2 is 2.22 bits per heavy atom. The minimum Gasteiger partial charge on any atom is -0.419 e. The molecular formula is C13H14ClF3N4O2. The third kappa shape index (κ3) is 6.15. The van der Waals surface area contributed by atoms with Crippen molar-refractivity contribution in [3.05, 3.63) is 35.1 Å². The monoisotopic (exact) mass is 350 g/mol. The molecule has 1 heterocycles. The lowest BCUT2D eigenvalue weighted by molar-refractivity contribution is -0.137. The van der Waals surface area contributed by atoms with Gasteiger partial charge in [-0.2, -0.15) is 13.2 Å². The Kier molecular flexibility index (Phi) is 6.83. The summed E-state index contributed by atoms with van der Waals surface area (Å²) in [5.41, 5.74) is -0.988. The lowest BCUT2D eigenvalue weighted by Crippen LogP contribution is -2.31. The Balaban J connectivity index is 2.77. The predicted octanol–water partition coefficient (Wildman–Crippen LogP) is 2.99. The van der Waals surface area contributed by atoms with Crippen LogP contribution < -0.4 is 15.4 Å². The highest BCUT2D eigenvalue weighted by Gasteiger charge is 2.31. The molecule has 1 aromatic rings. The molecule has 0 saturated carbocycles. The number of aliphatic imine (C=N–C) groups is 1. The molecule has 6 nitrogen and oxygen atoms in total. The van der Waals surface area contributed by atoms with Gasteiger partial charge in [0.25, 0.3) is 0 Å². The number of urea groups is 1. The van der Waals surface area contributed by atoms with Gasteiger partial charge in [-0.15, -0.1) is 0 Å². The molecule has 1 aromatic heterocycles. The standard InChI is InChI=1S/C13H14ClF3N4O2/c1-3-19-12(22)20-5-4-10(18-2)23-11-9(14)6-8(7-21-11)13(15,16)17/h4-7H,3H2,1-2H3,(H2,19,20,22)/b5-4-,18-10+. The van der Waals surface area contributed by atoms with Gasteiger partial charge in [0.05, 0.1) is 5.56 Å². The summed E-state index contributed by atoms with van der Waals surface area (Å²) >= 11 is 5.72. The molecule has 1 rings (SSSR count). The van der Waals surface area contributed by atoms with Crippen molar-refractivity contribution in [2.24, 2.45) is 4.99 Å². The zero-order valence-corrected chi connectivity index (χ0v) is 13.0. The Hall–Kier alpha value is -2.29. The summed E-state index contributed by atoms with van der Waals surface area (Å²) in [7, 11) is 1.39. The van der Waals surface area contributed by atoms with Crippen LogP contribution in [0, 0.1) is 0 Å². The molecule has 0 unspecified atom stereocenters. The molecule has 0 spiro atoms. The Morgan fingerprint density at radius 1 is 1.52 bits per heavy atom. The molecule has 0 saturated heterocycles. The molecule has 0 radical (unpaired) electrons. The first-order valence-electron chi connectivity index (χ1n) is 6.36. The number of carbonyl (C=O) groups excluding carboxylic acids is 1. The number of nitrogens with zero attached hydrogens (tertiary/aromatic N) is 2. The molecule has 0 aliphatic heterocycles. The van der Waals surface area contributed by atoms with Crippen molar-refractivity contribution in [2.45, 2.75) is 13.1 Å². The van der Waals surface area contributed by atoms with Gasteiger partial charge < -0.3 is 15.4 Å². The first-order chi connectivity index (χ1) is 10.8. The van der Waals surface area contributed by atoms with Gasteiger partial charge in [-0.1, -0.05) is 11.6 Å². The minimum absolute atomic E-state index is 0.00374. The molecule has 0 atom stereocenters. The lowest BCUT2D eigenvalue weighted by atomic mass is 10.3. The summed E-state index contributed by atoms with van der Waals surface area (Å²) in [6.45, 7) is 2.21. The van der Waals surface area contributed by atoms with E-state index in [-0.39, 0.29) is 16.8 Å². The van der Waals surface area contributed by atoms with Crippen LogP contribution in [0.25, 0.3) is 0 Å². The van der Waals surface area contributed by atoms with Crippen molar-refractivity contribution in [1.82, 2.24) is 15.6 Å². The van der Waals surface area contributed by atoms with Crippen molar-refractivity contribution >= 4 is 23.5 Å². The van der Waals surface area contributed by atoms with E-state index in [9.17, 15) is 18.0 Å². The lowest BCUT2D eigenvalue weighted by Gasteiger charge is -2.09. The van der Waals surface area contributed by atoms with E-state index in [1.54, 1.807) is 6.92 Å². The van der Waals surface area contributed by atoms with Crippen LogP contribution in [0.3, 0.4) is 0 Å². The molecule has 0 aliphatic carbocycles. The summed E-state index contributed by atoms with van der Waals surface area (Å²) < 4.78 is 42.7. The largest absolute Gasteiger partial charge is 0.419 e. The van der Waals surface area contributed by atoms with E-state index < -0.39 is 17.8 Å². The van der Waals surface area contributed by atoms with Crippen molar-refractivity contribution in [3.63, 3.8) is 0 Å². The van der Waals surface area contributed by atoms with Crippen LogP contribution in [-0.2, 0) is 6.18 Å². The molecule has 2 N–H and O–H groups in total. The van der Waals surface area contributed by atoms with Crippen LogP contribution >= 0.6 is 11.6 Å². The number of carbonyl (C=O) groups is 1. The van der Waals surface area contributed by atoms with Gasteiger partial charge >= 0.3 is 12.2 Å². The average molecular weight is 351 g/mol.